The smallest absolute Gasteiger partial charge is 0.119 e. The molecular formula is C31H48O. The van der Waals surface area contributed by atoms with E-state index in [1.807, 2.05) is 19.9 Å². The molecule has 0 amide bonds. The SMILES string of the molecule is C=C=C1C=Cc2ccc(OCCCCC=C)cc2C1CCCCC(C)C(CC)CC.CC. The summed E-state index contributed by atoms with van der Waals surface area (Å²) >= 11 is 0. The monoisotopic (exact) mass is 436 g/mol. The van der Waals surface area contributed by atoms with E-state index in [2.05, 4.69) is 70.0 Å². The Labute approximate surface area is 199 Å². The predicted octanol–water partition coefficient (Wildman–Crippen LogP) is 9.90. The van der Waals surface area contributed by atoms with E-state index in [9.17, 15) is 0 Å². The number of fused-ring (bicyclic) bond motifs is 1. The molecule has 0 saturated heterocycles. The lowest BCUT2D eigenvalue weighted by Crippen LogP contribution is -2.11. The van der Waals surface area contributed by atoms with Gasteiger partial charge in [-0.15, -0.1) is 12.3 Å². The van der Waals surface area contributed by atoms with Crippen LogP contribution in [0.4, 0.5) is 0 Å². The highest BCUT2D eigenvalue weighted by atomic mass is 16.5. The zero-order valence-electron chi connectivity index (χ0n) is 21.6. The zero-order valence-corrected chi connectivity index (χ0v) is 21.6. The minimum absolute atomic E-state index is 0.385. The Kier molecular flexibility index (Phi) is 14.6. The van der Waals surface area contributed by atoms with E-state index in [1.54, 1.807) is 0 Å². The van der Waals surface area contributed by atoms with Gasteiger partial charge in [-0.3, -0.25) is 0 Å². The van der Waals surface area contributed by atoms with Crippen LogP contribution in [0.3, 0.4) is 0 Å². The highest BCUT2D eigenvalue weighted by Gasteiger charge is 2.22. The number of benzene rings is 1. The van der Waals surface area contributed by atoms with Gasteiger partial charge in [-0.25, -0.2) is 0 Å². The highest BCUT2D eigenvalue weighted by Crippen LogP contribution is 2.39. The van der Waals surface area contributed by atoms with Gasteiger partial charge in [-0.05, 0) is 60.8 Å². The van der Waals surface area contributed by atoms with Crippen molar-refractivity contribution >= 4 is 6.08 Å². The molecule has 0 aromatic heterocycles. The molecule has 2 atom stereocenters. The Bertz CT molecular complexity index is 731. The minimum Gasteiger partial charge on any atom is -0.494 e. The third kappa shape index (κ3) is 8.87. The average Bonchev–Trinajstić information content (AvgIpc) is 2.83. The summed E-state index contributed by atoms with van der Waals surface area (Å²) in [5.41, 5.74) is 7.10. The highest BCUT2D eigenvalue weighted by molar-refractivity contribution is 5.65. The fourth-order valence-corrected chi connectivity index (χ4v) is 4.78. The molecule has 1 aliphatic carbocycles. The average molecular weight is 437 g/mol. The Morgan fingerprint density at radius 2 is 1.81 bits per heavy atom. The molecule has 0 bridgehead atoms. The molecule has 2 rings (SSSR count). The van der Waals surface area contributed by atoms with Crippen LogP contribution >= 0.6 is 0 Å². The number of hydrogen-bond acceptors (Lipinski definition) is 1. The molecule has 0 fully saturated rings. The molecule has 1 aromatic rings. The van der Waals surface area contributed by atoms with Gasteiger partial charge in [0.1, 0.15) is 5.75 Å². The molecule has 178 valence electrons. The van der Waals surface area contributed by atoms with E-state index in [4.69, 9.17) is 4.74 Å². The molecule has 2 unspecified atom stereocenters. The van der Waals surface area contributed by atoms with E-state index < -0.39 is 0 Å². The summed E-state index contributed by atoms with van der Waals surface area (Å²) in [5, 5.41) is 0. The molecule has 0 aliphatic heterocycles. The normalized spacial score (nSPS) is 15.4. The second-order valence-corrected chi connectivity index (χ2v) is 8.78. The van der Waals surface area contributed by atoms with Gasteiger partial charge in [0.05, 0.1) is 6.61 Å². The Morgan fingerprint density at radius 3 is 2.47 bits per heavy atom. The van der Waals surface area contributed by atoms with Gasteiger partial charge in [-0.1, -0.05) is 97.6 Å². The minimum atomic E-state index is 0.385. The number of hydrogen-bond donors (Lipinski definition) is 0. The summed E-state index contributed by atoms with van der Waals surface area (Å²) in [6, 6.07) is 6.56. The van der Waals surface area contributed by atoms with Crippen LogP contribution in [-0.2, 0) is 0 Å². The lowest BCUT2D eigenvalue weighted by atomic mass is 9.79. The molecule has 1 aromatic carbocycles. The summed E-state index contributed by atoms with van der Waals surface area (Å²) in [4.78, 5) is 0. The number of ether oxygens (including phenoxy) is 1. The van der Waals surface area contributed by atoms with Gasteiger partial charge >= 0.3 is 0 Å². The maximum absolute atomic E-state index is 6.04. The van der Waals surface area contributed by atoms with Crippen molar-refractivity contribution in [3.63, 3.8) is 0 Å². The molecule has 1 heteroatoms. The third-order valence-electron chi connectivity index (χ3n) is 6.78. The molecule has 1 nitrogen and oxygen atoms in total. The lowest BCUT2D eigenvalue weighted by molar-refractivity contribution is 0.306. The van der Waals surface area contributed by atoms with Crippen molar-refractivity contribution < 1.29 is 4.74 Å². The number of rotatable bonds is 14. The Hall–Kier alpha value is -1.98. The van der Waals surface area contributed by atoms with Gasteiger partial charge in [-0.2, -0.15) is 0 Å². The Morgan fingerprint density at radius 1 is 1.06 bits per heavy atom. The van der Waals surface area contributed by atoms with E-state index in [0.29, 0.717) is 5.92 Å². The molecule has 0 saturated carbocycles. The van der Waals surface area contributed by atoms with E-state index in [1.165, 1.54) is 48.8 Å². The largest absolute Gasteiger partial charge is 0.494 e. The maximum atomic E-state index is 6.04. The lowest BCUT2D eigenvalue weighted by Gasteiger charge is -2.25. The van der Waals surface area contributed by atoms with Gasteiger partial charge < -0.3 is 4.74 Å². The topological polar surface area (TPSA) is 9.23 Å². The quantitative estimate of drug-likeness (QED) is 0.160. The van der Waals surface area contributed by atoms with Crippen LogP contribution in [-0.4, -0.2) is 6.61 Å². The molecule has 0 spiro atoms. The Balaban J connectivity index is 0.00000249. The first kappa shape index (κ1) is 28.1. The molecule has 0 radical (unpaired) electrons. The molecule has 32 heavy (non-hydrogen) atoms. The standard InChI is InChI=1S/C29H42O.C2H6/c1-6-10-11-14-21-30-27-20-19-26-18-17-25(9-4)28(29(26)22-27)16-13-12-15-23(5)24(7-2)8-3;1-2/h6,17-20,22-24,28H,1,4,7-8,10-16,21H2,2-3,5H3;1-2H3. The van der Waals surface area contributed by atoms with Gasteiger partial charge in [0.25, 0.3) is 0 Å². The summed E-state index contributed by atoms with van der Waals surface area (Å²) in [5.74, 6) is 3.07. The number of allylic oxidation sites excluding steroid dienone is 3. The van der Waals surface area contributed by atoms with E-state index in [0.717, 1.165) is 49.9 Å². The first-order valence-electron chi connectivity index (χ1n) is 13.1. The zero-order chi connectivity index (χ0) is 23.8. The van der Waals surface area contributed by atoms with Gasteiger partial charge in [0.15, 0.2) is 0 Å². The van der Waals surface area contributed by atoms with Crippen LogP contribution in [0.15, 0.2) is 54.8 Å². The van der Waals surface area contributed by atoms with Gasteiger partial charge in [0.2, 0.25) is 0 Å². The van der Waals surface area contributed by atoms with E-state index in [-0.39, 0.29) is 0 Å². The molecule has 0 N–H and O–H groups in total. The van der Waals surface area contributed by atoms with Crippen LogP contribution < -0.4 is 4.74 Å². The van der Waals surface area contributed by atoms with Crippen molar-refractivity contribution in [2.75, 3.05) is 6.61 Å². The molecular weight excluding hydrogens is 388 g/mol. The van der Waals surface area contributed by atoms with Gasteiger partial charge in [0, 0.05) is 11.5 Å². The summed E-state index contributed by atoms with van der Waals surface area (Å²) in [7, 11) is 0. The second-order valence-electron chi connectivity index (χ2n) is 8.78. The van der Waals surface area contributed by atoms with Crippen molar-refractivity contribution in [3.05, 3.63) is 65.9 Å². The summed E-state index contributed by atoms with van der Waals surface area (Å²) < 4.78 is 6.04. The summed E-state index contributed by atoms with van der Waals surface area (Å²) in [6.45, 7) is 19.6. The van der Waals surface area contributed by atoms with Crippen LogP contribution in [0.5, 0.6) is 5.75 Å². The van der Waals surface area contributed by atoms with Crippen molar-refractivity contribution in [1.29, 1.82) is 0 Å². The van der Waals surface area contributed by atoms with Crippen LogP contribution in [0.1, 0.15) is 109 Å². The van der Waals surface area contributed by atoms with Crippen molar-refractivity contribution in [3.8, 4) is 5.75 Å². The van der Waals surface area contributed by atoms with E-state index >= 15 is 0 Å². The first-order valence-corrected chi connectivity index (χ1v) is 13.1. The first-order chi connectivity index (χ1) is 15.6. The predicted molar refractivity (Wildman–Crippen MR) is 143 cm³/mol. The van der Waals surface area contributed by atoms with Crippen LogP contribution in [0, 0.1) is 11.8 Å². The van der Waals surface area contributed by atoms with Crippen LogP contribution in [0.2, 0.25) is 0 Å². The fourth-order valence-electron chi connectivity index (χ4n) is 4.78. The molecule has 0 heterocycles. The number of unbranched alkanes of at least 4 members (excludes halogenated alkanes) is 3. The van der Waals surface area contributed by atoms with Crippen LogP contribution in [0.25, 0.3) is 6.08 Å². The van der Waals surface area contributed by atoms with Crippen molar-refractivity contribution in [2.24, 2.45) is 11.8 Å². The fraction of sp³-hybridized carbons (Fsp3) is 0.581. The third-order valence-corrected chi connectivity index (χ3v) is 6.78. The summed E-state index contributed by atoms with van der Waals surface area (Å²) in [6.07, 6.45) is 17.3. The van der Waals surface area contributed by atoms with Crippen molar-refractivity contribution in [1.82, 2.24) is 0 Å². The second kappa shape index (κ2) is 16.6. The molecule has 1 aliphatic rings. The maximum Gasteiger partial charge on any atom is 0.119 e. The van der Waals surface area contributed by atoms with Crippen molar-refractivity contribution in [2.45, 2.75) is 98.3 Å².